The summed E-state index contributed by atoms with van der Waals surface area (Å²) >= 11 is 0. The summed E-state index contributed by atoms with van der Waals surface area (Å²) in [5, 5.41) is 16.1. The van der Waals surface area contributed by atoms with E-state index < -0.39 is 5.97 Å². The molecule has 0 saturated carbocycles. The van der Waals surface area contributed by atoms with Crippen LogP contribution in [-0.2, 0) is 6.54 Å². The second-order valence-corrected chi connectivity index (χ2v) is 4.54. The fraction of sp³-hybridized carbons (Fsp3) is 0.727. The third-order valence-corrected chi connectivity index (χ3v) is 3.35. The Bertz CT molecular complexity index is 391. The number of likely N-dealkylation sites (tertiary alicyclic amines) is 1. The molecule has 1 aliphatic heterocycles. The van der Waals surface area contributed by atoms with E-state index in [0.717, 1.165) is 25.6 Å². The number of nitrogens with zero attached hydrogens (tertiary/aromatic N) is 4. The minimum Gasteiger partial charge on any atom is -0.476 e. The van der Waals surface area contributed by atoms with E-state index in [0.29, 0.717) is 6.54 Å². The molecule has 1 atom stereocenters. The van der Waals surface area contributed by atoms with Crippen LogP contribution < -0.4 is 0 Å². The van der Waals surface area contributed by atoms with Crippen LogP contribution in [0.2, 0.25) is 0 Å². The highest BCUT2D eigenvalue weighted by molar-refractivity contribution is 5.84. The van der Waals surface area contributed by atoms with Gasteiger partial charge in [-0.05, 0) is 18.9 Å². The predicted octanol–water partition coefficient (Wildman–Crippen LogP) is 0.708. The van der Waals surface area contributed by atoms with Crippen LogP contribution in [0, 0.1) is 5.92 Å². The van der Waals surface area contributed by atoms with Crippen LogP contribution in [-0.4, -0.2) is 50.6 Å². The van der Waals surface area contributed by atoms with Gasteiger partial charge in [0.25, 0.3) is 0 Å². The molecule has 1 fully saturated rings. The number of carboxylic acids is 1. The normalized spacial score (nSPS) is 20.9. The SMILES string of the molecule is CCC1CCN(CCn2cc(C(=O)O)nn2)C1. The Morgan fingerprint density at radius 2 is 2.41 bits per heavy atom. The predicted molar refractivity (Wildman–Crippen MR) is 61.8 cm³/mol. The number of hydrogen-bond acceptors (Lipinski definition) is 4. The highest BCUT2D eigenvalue weighted by atomic mass is 16.4. The number of aromatic carboxylic acids is 1. The van der Waals surface area contributed by atoms with Crippen molar-refractivity contribution in [2.75, 3.05) is 19.6 Å². The first-order valence-corrected chi connectivity index (χ1v) is 6.04. The lowest BCUT2D eigenvalue weighted by Crippen LogP contribution is -2.25. The van der Waals surface area contributed by atoms with Crippen LogP contribution in [0.25, 0.3) is 0 Å². The van der Waals surface area contributed by atoms with E-state index in [4.69, 9.17) is 5.11 Å². The maximum atomic E-state index is 10.6. The molecule has 1 N–H and O–H groups in total. The molecule has 17 heavy (non-hydrogen) atoms. The second-order valence-electron chi connectivity index (χ2n) is 4.54. The average molecular weight is 238 g/mol. The zero-order chi connectivity index (χ0) is 12.3. The molecule has 0 amide bonds. The van der Waals surface area contributed by atoms with Crippen molar-refractivity contribution < 1.29 is 9.90 Å². The first kappa shape index (κ1) is 12.0. The first-order chi connectivity index (χ1) is 8.19. The summed E-state index contributed by atoms with van der Waals surface area (Å²) < 4.78 is 1.60. The van der Waals surface area contributed by atoms with Crippen LogP contribution in [0.4, 0.5) is 0 Å². The third-order valence-electron chi connectivity index (χ3n) is 3.35. The summed E-state index contributed by atoms with van der Waals surface area (Å²) in [7, 11) is 0. The number of hydrogen-bond donors (Lipinski definition) is 1. The van der Waals surface area contributed by atoms with Gasteiger partial charge in [0.1, 0.15) is 0 Å². The van der Waals surface area contributed by atoms with Gasteiger partial charge in [-0.3, -0.25) is 4.68 Å². The topological polar surface area (TPSA) is 71.2 Å². The fourth-order valence-corrected chi connectivity index (χ4v) is 2.20. The molecule has 0 radical (unpaired) electrons. The zero-order valence-corrected chi connectivity index (χ0v) is 10.0. The summed E-state index contributed by atoms with van der Waals surface area (Å²) in [6, 6.07) is 0. The van der Waals surface area contributed by atoms with Gasteiger partial charge < -0.3 is 10.0 Å². The highest BCUT2D eigenvalue weighted by Gasteiger charge is 2.20. The van der Waals surface area contributed by atoms with Gasteiger partial charge in [-0.15, -0.1) is 5.10 Å². The van der Waals surface area contributed by atoms with Gasteiger partial charge >= 0.3 is 5.97 Å². The van der Waals surface area contributed by atoms with Gasteiger partial charge in [0.15, 0.2) is 5.69 Å². The molecule has 1 unspecified atom stereocenters. The summed E-state index contributed by atoms with van der Waals surface area (Å²) in [6.07, 6.45) is 3.99. The molecule has 2 rings (SSSR count). The third kappa shape index (κ3) is 3.03. The molecule has 0 bridgehead atoms. The Hall–Kier alpha value is -1.43. The molecule has 1 aromatic rings. The zero-order valence-electron chi connectivity index (χ0n) is 10.0. The Morgan fingerprint density at radius 1 is 1.59 bits per heavy atom. The van der Waals surface area contributed by atoms with Gasteiger partial charge in [0, 0.05) is 13.1 Å². The molecule has 1 saturated heterocycles. The molecule has 1 aliphatic rings. The van der Waals surface area contributed by atoms with E-state index in [1.807, 2.05) is 0 Å². The summed E-state index contributed by atoms with van der Waals surface area (Å²) in [5.41, 5.74) is 0.0119. The molecule has 0 spiro atoms. The maximum Gasteiger partial charge on any atom is 0.358 e. The molecule has 6 heteroatoms. The van der Waals surface area contributed by atoms with E-state index in [9.17, 15) is 4.79 Å². The van der Waals surface area contributed by atoms with Crippen molar-refractivity contribution in [1.82, 2.24) is 19.9 Å². The molecule has 0 aliphatic carbocycles. The standard InChI is InChI=1S/C11H18N4O2/c1-2-9-3-4-14(7-9)5-6-15-8-10(11(16)17)12-13-15/h8-9H,2-7H2,1H3,(H,16,17). The minimum absolute atomic E-state index is 0.0119. The Labute approximate surface area is 100 Å². The van der Waals surface area contributed by atoms with Crippen molar-refractivity contribution in [3.8, 4) is 0 Å². The van der Waals surface area contributed by atoms with Crippen LogP contribution in [0.3, 0.4) is 0 Å². The van der Waals surface area contributed by atoms with Crippen molar-refractivity contribution in [3.63, 3.8) is 0 Å². The van der Waals surface area contributed by atoms with Gasteiger partial charge in [0.2, 0.25) is 0 Å². The summed E-state index contributed by atoms with van der Waals surface area (Å²) in [5.74, 6) is -0.205. The number of rotatable bonds is 5. The average Bonchev–Trinajstić information content (AvgIpc) is 2.95. The highest BCUT2D eigenvalue weighted by Crippen LogP contribution is 2.18. The quantitative estimate of drug-likeness (QED) is 0.818. The lowest BCUT2D eigenvalue weighted by molar-refractivity contribution is 0.0690. The number of carboxylic acid groups (broad SMARTS) is 1. The molecule has 94 valence electrons. The Morgan fingerprint density at radius 3 is 3.00 bits per heavy atom. The maximum absolute atomic E-state index is 10.6. The van der Waals surface area contributed by atoms with Crippen molar-refractivity contribution in [3.05, 3.63) is 11.9 Å². The van der Waals surface area contributed by atoms with Gasteiger partial charge in [-0.25, -0.2) is 4.79 Å². The van der Waals surface area contributed by atoms with Crippen LogP contribution >= 0.6 is 0 Å². The Balaban J connectivity index is 1.80. The minimum atomic E-state index is -1.02. The summed E-state index contributed by atoms with van der Waals surface area (Å²) in [6.45, 7) is 6.14. The van der Waals surface area contributed by atoms with Crippen molar-refractivity contribution >= 4 is 5.97 Å². The number of aromatic nitrogens is 3. The molecule has 6 nitrogen and oxygen atoms in total. The van der Waals surface area contributed by atoms with Gasteiger partial charge in [-0.2, -0.15) is 0 Å². The molecule has 2 heterocycles. The van der Waals surface area contributed by atoms with E-state index >= 15 is 0 Å². The van der Waals surface area contributed by atoms with E-state index in [1.165, 1.54) is 19.0 Å². The van der Waals surface area contributed by atoms with Crippen LogP contribution in [0.1, 0.15) is 30.3 Å². The Kier molecular flexibility index (Phi) is 3.73. The van der Waals surface area contributed by atoms with Crippen LogP contribution in [0.15, 0.2) is 6.20 Å². The second kappa shape index (κ2) is 5.27. The smallest absolute Gasteiger partial charge is 0.358 e. The monoisotopic (exact) mass is 238 g/mol. The largest absolute Gasteiger partial charge is 0.476 e. The van der Waals surface area contributed by atoms with Crippen molar-refractivity contribution in [2.45, 2.75) is 26.3 Å². The van der Waals surface area contributed by atoms with E-state index in [-0.39, 0.29) is 5.69 Å². The molecular formula is C11H18N4O2. The summed E-state index contributed by atoms with van der Waals surface area (Å²) in [4.78, 5) is 13.0. The molecule has 0 aromatic carbocycles. The van der Waals surface area contributed by atoms with Crippen molar-refractivity contribution in [2.24, 2.45) is 5.92 Å². The van der Waals surface area contributed by atoms with Crippen LogP contribution in [0.5, 0.6) is 0 Å². The molecule has 1 aromatic heterocycles. The molecular weight excluding hydrogens is 220 g/mol. The first-order valence-electron chi connectivity index (χ1n) is 6.04. The van der Waals surface area contributed by atoms with E-state index in [2.05, 4.69) is 22.1 Å². The van der Waals surface area contributed by atoms with Gasteiger partial charge in [0.05, 0.1) is 12.7 Å². The lowest BCUT2D eigenvalue weighted by atomic mass is 10.1. The number of carbonyl (C=O) groups is 1. The lowest BCUT2D eigenvalue weighted by Gasteiger charge is -2.14. The fourth-order valence-electron chi connectivity index (χ4n) is 2.20. The van der Waals surface area contributed by atoms with Crippen molar-refractivity contribution in [1.29, 1.82) is 0 Å². The van der Waals surface area contributed by atoms with E-state index in [1.54, 1.807) is 4.68 Å². The van der Waals surface area contributed by atoms with Gasteiger partial charge in [-0.1, -0.05) is 18.6 Å².